The van der Waals surface area contributed by atoms with Crippen molar-refractivity contribution >= 4 is 5.97 Å². The van der Waals surface area contributed by atoms with Gasteiger partial charge in [0.15, 0.2) is 6.61 Å². The molecule has 2 aromatic rings. The first kappa shape index (κ1) is 12.0. The minimum absolute atomic E-state index is 0.0522. The molecular formula is C11H9FN2O4. The molecule has 1 heterocycles. The van der Waals surface area contributed by atoms with E-state index in [1.54, 1.807) is 6.92 Å². The molecule has 0 aliphatic heterocycles. The molecule has 1 aromatic carbocycles. The molecule has 7 heteroatoms. The molecule has 94 valence electrons. The highest BCUT2D eigenvalue weighted by molar-refractivity contribution is 5.88. The van der Waals surface area contributed by atoms with Crippen molar-refractivity contribution in [3.05, 3.63) is 41.4 Å². The Morgan fingerprint density at radius 1 is 1.44 bits per heavy atom. The molecular weight excluding hydrogens is 243 g/mol. The van der Waals surface area contributed by atoms with Crippen LogP contribution in [0.5, 0.6) is 5.75 Å². The van der Waals surface area contributed by atoms with Crippen LogP contribution in [0.3, 0.4) is 0 Å². The summed E-state index contributed by atoms with van der Waals surface area (Å²) >= 11 is 0. The van der Waals surface area contributed by atoms with Crippen LogP contribution in [0.25, 0.3) is 0 Å². The average molecular weight is 252 g/mol. The summed E-state index contributed by atoms with van der Waals surface area (Å²) in [4.78, 5) is 10.7. The van der Waals surface area contributed by atoms with E-state index in [-0.39, 0.29) is 23.8 Å². The predicted octanol–water partition coefficient (Wildman–Crippen LogP) is 1.79. The van der Waals surface area contributed by atoms with E-state index in [4.69, 9.17) is 14.3 Å². The number of ether oxygens (including phenoxy) is 1. The van der Waals surface area contributed by atoms with Gasteiger partial charge in [-0.15, -0.1) is 10.2 Å². The van der Waals surface area contributed by atoms with Gasteiger partial charge in [0.25, 0.3) is 5.89 Å². The second-order valence-electron chi connectivity index (χ2n) is 3.48. The maximum atomic E-state index is 13.1. The average Bonchev–Trinajstić information content (AvgIpc) is 2.72. The highest BCUT2D eigenvalue weighted by Gasteiger charge is 2.09. The number of benzene rings is 1. The SMILES string of the molecule is Cc1nnc(COc2cc(F)cc(C(=O)O)c2)o1. The van der Waals surface area contributed by atoms with Gasteiger partial charge in [-0.25, -0.2) is 9.18 Å². The molecule has 2 rings (SSSR count). The van der Waals surface area contributed by atoms with E-state index in [0.29, 0.717) is 5.89 Å². The van der Waals surface area contributed by atoms with Crippen LogP contribution in [-0.4, -0.2) is 21.3 Å². The fraction of sp³-hybridized carbons (Fsp3) is 0.182. The van der Waals surface area contributed by atoms with Gasteiger partial charge in [0.1, 0.15) is 11.6 Å². The molecule has 0 bridgehead atoms. The van der Waals surface area contributed by atoms with Gasteiger partial charge in [0, 0.05) is 13.0 Å². The number of carboxylic acids is 1. The monoisotopic (exact) mass is 252 g/mol. The number of hydrogen-bond donors (Lipinski definition) is 1. The smallest absolute Gasteiger partial charge is 0.335 e. The largest absolute Gasteiger partial charge is 0.484 e. The molecule has 0 saturated carbocycles. The van der Waals surface area contributed by atoms with Gasteiger partial charge in [0.05, 0.1) is 5.56 Å². The second kappa shape index (κ2) is 4.82. The number of carboxylic acid groups (broad SMARTS) is 1. The van der Waals surface area contributed by atoms with Crippen LogP contribution < -0.4 is 4.74 Å². The molecule has 0 saturated heterocycles. The van der Waals surface area contributed by atoms with E-state index in [9.17, 15) is 9.18 Å². The molecule has 18 heavy (non-hydrogen) atoms. The molecule has 0 aliphatic rings. The van der Waals surface area contributed by atoms with Gasteiger partial charge in [-0.1, -0.05) is 0 Å². The van der Waals surface area contributed by atoms with Crippen LogP contribution in [0.1, 0.15) is 22.1 Å². The Morgan fingerprint density at radius 3 is 2.83 bits per heavy atom. The van der Waals surface area contributed by atoms with Crippen LogP contribution in [0.4, 0.5) is 4.39 Å². The summed E-state index contributed by atoms with van der Waals surface area (Å²) < 4.78 is 23.4. The number of rotatable bonds is 4. The summed E-state index contributed by atoms with van der Waals surface area (Å²) in [5.74, 6) is -1.21. The van der Waals surface area contributed by atoms with Crippen molar-refractivity contribution in [2.75, 3.05) is 0 Å². The first-order valence-electron chi connectivity index (χ1n) is 5.00. The lowest BCUT2D eigenvalue weighted by molar-refractivity contribution is 0.0695. The number of carbonyl (C=O) groups is 1. The molecule has 1 aromatic heterocycles. The third-order valence-electron chi connectivity index (χ3n) is 2.05. The Morgan fingerprint density at radius 2 is 2.22 bits per heavy atom. The molecule has 1 N–H and O–H groups in total. The number of halogens is 1. The molecule has 0 atom stereocenters. The molecule has 6 nitrogen and oxygen atoms in total. The number of nitrogens with zero attached hydrogens (tertiary/aromatic N) is 2. The number of aromatic carboxylic acids is 1. The lowest BCUT2D eigenvalue weighted by Crippen LogP contribution is -2.00. The Kier molecular flexibility index (Phi) is 3.22. The van der Waals surface area contributed by atoms with E-state index >= 15 is 0 Å². The summed E-state index contributed by atoms with van der Waals surface area (Å²) in [6.07, 6.45) is 0. The van der Waals surface area contributed by atoms with Crippen LogP contribution in [0.15, 0.2) is 22.6 Å². The molecule has 0 aliphatic carbocycles. The van der Waals surface area contributed by atoms with Gasteiger partial charge in [-0.3, -0.25) is 0 Å². The van der Waals surface area contributed by atoms with Gasteiger partial charge < -0.3 is 14.3 Å². The van der Waals surface area contributed by atoms with E-state index < -0.39 is 11.8 Å². The van der Waals surface area contributed by atoms with Gasteiger partial charge in [-0.2, -0.15) is 0 Å². The van der Waals surface area contributed by atoms with Crippen molar-refractivity contribution in [3.63, 3.8) is 0 Å². The normalized spacial score (nSPS) is 10.3. The van der Waals surface area contributed by atoms with Crippen molar-refractivity contribution in [1.82, 2.24) is 10.2 Å². The van der Waals surface area contributed by atoms with Crippen LogP contribution in [-0.2, 0) is 6.61 Å². The molecule has 0 unspecified atom stereocenters. The Bertz CT molecular complexity index is 582. The molecule has 0 radical (unpaired) electrons. The maximum absolute atomic E-state index is 13.1. The Labute approximate surface area is 101 Å². The van der Waals surface area contributed by atoms with Gasteiger partial charge in [0.2, 0.25) is 5.89 Å². The lowest BCUT2D eigenvalue weighted by atomic mass is 10.2. The first-order chi connectivity index (χ1) is 8.54. The van der Waals surface area contributed by atoms with E-state index in [1.807, 2.05) is 0 Å². The van der Waals surface area contributed by atoms with E-state index in [0.717, 1.165) is 12.1 Å². The Balaban J connectivity index is 2.11. The first-order valence-corrected chi connectivity index (χ1v) is 5.00. The standard InChI is InChI=1S/C11H9FN2O4/c1-6-13-14-10(18-6)5-17-9-3-7(11(15)16)2-8(12)4-9/h2-4H,5H2,1H3,(H,15,16). The van der Waals surface area contributed by atoms with Crippen LogP contribution >= 0.6 is 0 Å². The number of hydrogen-bond acceptors (Lipinski definition) is 5. The highest BCUT2D eigenvalue weighted by Crippen LogP contribution is 2.17. The van der Waals surface area contributed by atoms with Crippen molar-refractivity contribution in [2.45, 2.75) is 13.5 Å². The third-order valence-corrected chi connectivity index (χ3v) is 2.05. The van der Waals surface area contributed by atoms with Crippen molar-refractivity contribution in [1.29, 1.82) is 0 Å². The van der Waals surface area contributed by atoms with Crippen LogP contribution in [0.2, 0.25) is 0 Å². The number of aryl methyl sites for hydroxylation is 1. The third kappa shape index (κ3) is 2.82. The summed E-state index contributed by atoms with van der Waals surface area (Å²) in [5.41, 5.74) is -0.188. The van der Waals surface area contributed by atoms with Gasteiger partial charge in [-0.05, 0) is 12.1 Å². The Hall–Kier alpha value is -2.44. The predicted molar refractivity (Wildman–Crippen MR) is 56.7 cm³/mol. The second-order valence-corrected chi connectivity index (χ2v) is 3.48. The van der Waals surface area contributed by atoms with E-state index in [1.165, 1.54) is 6.07 Å². The fourth-order valence-electron chi connectivity index (χ4n) is 1.31. The summed E-state index contributed by atoms with van der Waals surface area (Å²) in [6.45, 7) is 1.57. The molecule has 0 fully saturated rings. The summed E-state index contributed by atoms with van der Waals surface area (Å²) in [6, 6.07) is 3.20. The maximum Gasteiger partial charge on any atom is 0.335 e. The summed E-state index contributed by atoms with van der Waals surface area (Å²) in [7, 11) is 0. The van der Waals surface area contributed by atoms with E-state index in [2.05, 4.69) is 10.2 Å². The number of aromatic nitrogens is 2. The van der Waals surface area contributed by atoms with Gasteiger partial charge >= 0.3 is 5.97 Å². The molecule has 0 spiro atoms. The minimum Gasteiger partial charge on any atom is -0.484 e. The molecule has 0 amide bonds. The van der Waals surface area contributed by atoms with Crippen LogP contribution in [0, 0.1) is 12.7 Å². The van der Waals surface area contributed by atoms with Crippen molar-refractivity contribution < 1.29 is 23.4 Å². The lowest BCUT2D eigenvalue weighted by Gasteiger charge is -2.04. The highest BCUT2D eigenvalue weighted by atomic mass is 19.1. The zero-order valence-electron chi connectivity index (χ0n) is 9.38. The topological polar surface area (TPSA) is 85.5 Å². The van der Waals surface area contributed by atoms with Crippen molar-refractivity contribution in [2.24, 2.45) is 0 Å². The quantitative estimate of drug-likeness (QED) is 0.892. The fourth-order valence-corrected chi connectivity index (χ4v) is 1.31. The zero-order valence-corrected chi connectivity index (χ0v) is 9.38. The zero-order chi connectivity index (χ0) is 13.1. The minimum atomic E-state index is -1.23. The summed E-state index contributed by atoms with van der Waals surface area (Å²) in [5, 5.41) is 16.0. The van der Waals surface area contributed by atoms with Crippen molar-refractivity contribution in [3.8, 4) is 5.75 Å².